The van der Waals surface area contributed by atoms with Gasteiger partial charge in [0.25, 0.3) is 0 Å². The number of hydrogen-bond donors (Lipinski definition) is 3. The third-order valence-corrected chi connectivity index (χ3v) is 2.30. The van der Waals surface area contributed by atoms with Gasteiger partial charge in [0.05, 0.1) is 18.3 Å². The Bertz CT molecular complexity index is 234. The molecule has 66 valence electrons. The molecule has 4 heteroatoms. The van der Waals surface area contributed by atoms with Gasteiger partial charge >= 0.3 is 0 Å². The van der Waals surface area contributed by atoms with Crippen LogP contribution < -0.4 is 5.32 Å². The molecule has 1 aromatic heterocycles. The van der Waals surface area contributed by atoms with E-state index in [1.807, 2.05) is 6.20 Å². The number of rotatable bonds is 1. The fourth-order valence-electron chi connectivity index (χ4n) is 1.64. The molecule has 2 heterocycles. The van der Waals surface area contributed by atoms with Gasteiger partial charge in [-0.25, -0.2) is 0 Å². The molecule has 1 aliphatic heterocycles. The van der Waals surface area contributed by atoms with Crippen LogP contribution in [0.25, 0.3) is 0 Å². The van der Waals surface area contributed by atoms with Crippen molar-refractivity contribution in [2.45, 2.75) is 25.0 Å². The summed E-state index contributed by atoms with van der Waals surface area (Å²) in [5.41, 5.74) is 1.04. The van der Waals surface area contributed by atoms with Crippen molar-refractivity contribution in [2.24, 2.45) is 0 Å². The van der Waals surface area contributed by atoms with E-state index in [0.29, 0.717) is 0 Å². The van der Waals surface area contributed by atoms with Crippen molar-refractivity contribution in [3.8, 4) is 0 Å². The van der Waals surface area contributed by atoms with E-state index in [-0.39, 0.29) is 12.1 Å². The van der Waals surface area contributed by atoms with E-state index in [2.05, 4.69) is 15.5 Å². The van der Waals surface area contributed by atoms with E-state index in [1.165, 1.54) is 0 Å². The largest absolute Gasteiger partial charge is 0.391 e. The normalized spacial score (nSPS) is 30.4. The molecule has 1 fully saturated rings. The van der Waals surface area contributed by atoms with Crippen molar-refractivity contribution in [1.29, 1.82) is 0 Å². The zero-order valence-electron chi connectivity index (χ0n) is 6.83. The van der Waals surface area contributed by atoms with Crippen LogP contribution in [0.1, 0.15) is 24.4 Å². The molecule has 1 aliphatic rings. The molecule has 1 saturated heterocycles. The molecule has 0 saturated carbocycles. The Kier molecular flexibility index (Phi) is 2.10. The fourth-order valence-corrected chi connectivity index (χ4v) is 1.64. The zero-order valence-corrected chi connectivity index (χ0v) is 6.83. The lowest BCUT2D eigenvalue weighted by molar-refractivity contribution is 0.0965. The summed E-state index contributed by atoms with van der Waals surface area (Å²) >= 11 is 0. The second-order valence-corrected chi connectivity index (χ2v) is 3.17. The highest BCUT2D eigenvalue weighted by Crippen LogP contribution is 2.21. The van der Waals surface area contributed by atoms with E-state index in [4.69, 9.17) is 0 Å². The van der Waals surface area contributed by atoms with Crippen LogP contribution in [-0.4, -0.2) is 28.0 Å². The number of aromatic nitrogens is 2. The Balaban J connectivity index is 2.11. The summed E-state index contributed by atoms with van der Waals surface area (Å²) in [5.74, 6) is 0. The van der Waals surface area contributed by atoms with Gasteiger partial charge in [0.15, 0.2) is 0 Å². The Hall–Kier alpha value is -0.870. The van der Waals surface area contributed by atoms with Crippen LogP contribution in [0.5, 0.6) is 0 Å². The first-order valence-electron chi connectivity index (χ1n) is 4.28. The van der Waals surface area contributed by atoms with Crippen LogP contribution in [0, 0.1) is 0 Å². The van der Waals surface area contributed by atoms with Crippen molar-refractivity contribution in [3.63, 3.8) is 0 Å². The molecular formula is C8H13N3O. The quantitative estimate of drug-likeness (QED) is 0.559. The summed E-state index contributed by atoms with van der Waals surface area (Å²) in [7, 11) is 0. The summed E-state index contributed by atoms with van der Waals surface area (Å²) in [6, 6.07) is 0.0671. The molecule has 3 N–H and O–H groups in total. The minimum absolute atomic E-state index is 0.0671. The number of nitrogens with one attached hydrogen (secondary N) is 2. The van der Waals surface area contributed by atoms with Crippen LogP contribution in [0.4, 0.5) is 0 Å². The second kappa shape index (κ2) is 3.25. The maximum atomic E-state index is 9.64. The molecule has 2 rings (SSSR count). The SMILES string of the molecule is OC1CCCNC1c1cn[nH]c1. The van der Waals surface area contributed by atoms with E-state index in [9.17, 15) is 5.11 Å². The molecular weight excluding hydrogens is 154 g/mol. The molecule has 2 unspecified atom stereocenters. The summed E-state index contributed by atoms with van der Waals surface area (Å²) in [4.78, 5) is 0. The molecule has 0 bridgehead atoms. The molecule has 0 amide bonds. The van der Waals surface area contributed by atoms with E-state index >= 15 is 0 Å². The van der Waals surface area contributed by atoms with Gasteiger partial charge in [-0.15, -0.1) is 0 Å². The summed E-state index contributed by atoms with van der Waals surface area (Å²) in [6.07, 6.45) is 5.24. The first-order chi connectivity index (χ1) is 5.88. The monoisotopic (exact) mass is 167 g/mol. The van der Waals surface area contributed by atoms with E-state index in [0.717, 1.165) is 24.9 Å². The standard InChI is InChI=1S/C8H13N3O/c12-7-2-1-3-9-8(7)6-4-10-11-5-6/h4-5,7-9,12H,1-3H2,(H,10,11). The van der Waals surface area contributed by atoms with Gasteiger partial charge in [0.1, 0.15) is 0 Å². The van der Waals surface area contributed by atoms with E-state index in [1.54, 1.807) is 6.20 Å². The van der Waals surface area contributed by atoms with Gasteiger partial charge in [-0.05, 0) is 19.4 Å². The Morgan fingerprint density at radius 1 is 1.58 bits per heavy atom. The molecule has 12 heavy (non-hydrogen) atoms. The third-order valence-electron chi connectivity index (χ3n) is 2.30. The van der Waals surface area contributed by atoms with Crippen molar-refractivity contribution >= 4 is 0 Å². The number of aliphatic hydroxyl groups excluding tert-OH is 1. The molecule has 0 spiro atoms. The van der Waals surface area contributed by atoms with Crippen LogP contribution in [0.15, 0.2) is 12.4 Å². The molecule has 0 aliphatic carbocycles. The van der Waals surface area contributed by atoms with Gasteiger partial charge in [-0.1, -0.05) is 0 Å². The molecule has 2 atom stereocenters. The van der Waals surface area contributed by atoms with Crippen molar-refractivity contribution in [3.05, 3.63) is 18.0 Å². The number of aliphatic hydroxyl groups is 1. The van der Waals surface area contributed by atoms with Gasteiger partial charge in [0, 0.05) is 11.8 Å². The zero-order chi connectivity index (χ0) is 8.39. The highest BCUT2D eigenvalue weighted by molar-refractivity contribution is 5.12. The second-order valence-electron chi connectivity index (χ2n) is 3.17. The molecule has 0 aromatic carbocycles. The minimum atomic E-state index is -0.267. The van der Waals surface area contributed by atoms with Crippen LogP contribution in [0.3, 0.4) is 0 Å². The lowest BCUT2D eigenvalue weighted by Crippen LogP contribution is -2.37. The van der Waals surface area contributed by atoms with Crippen LogP contribution in [-0.2, 0) is 0 Å². The van der Waals surface area contributed by atoms with Gasteiger partial charge in [0.2, 0.25) is 0 Å². The number of aromatic amines is 1. The molecule has 1 aromatic rings. The predicted octanol–water partition coefficient (Wildman–Crippen LogP) is 0.195. The highest BCUT2D eigenvalue weighted by Gasteiger charge is 2.24. The maximum Gasteiger partial charge on any atom is 0.0736 e. The molecule has 4 nitrogen and oxygen atoms in total. The minimum Gasteiger partial charge on any atom is -0.391 e. The number of hydrogen-bond acceptors (Lipinski definition) is 3. The van der Waals surface area contributed by atoms with Gasteiger partial charge in [-0.2, -0.15) is 5.10 Å². The lowest BCUT2D eigenvalue weighted by atomic mass is 9.97. The average Bonchev–Trinajstić information content (AvgIpc) is 2.57. The van der Waals surface area contributed by atoms with Crippen LogP contribution >= 0.6 is 0 Å². The fraction of sp³-hybridized carbons (Fsp3) is 0.625. The first-order valence-corrected chi connectivity index (χ1v) is 4.28. The Morgan fingerprint density at radius 3 is 3.17 bits per heavy atom. The van der Waals surface area contributed by atoms with Crippen molar-refractivity contribution < 1.29 is 5.11 Å². The topological polar surface area (TPSA) is 60.9 Å². The number of piperidine rings is 1. The van der Waals surface area contributed by atoms with Crippen LogP contribution in [0.2, 0.25) is 0 Å². The van der Waals surface area contributed by atoms with Gasteiger partial charge < -0.3 is 10.4 Å². The van der Waals surface area contributed by atoms with E-state index < -0.39 is 0 Å². The van der Waals surface area contributed by atoms with Crippen molar-refractivity contribution in [1.82, 2.24) is 15.5 Å². The molecule has 0 radical (unpaired) electrons. The first kappa shape index (κ1) is 7.76. The Morgan fingerprint density at radius 2 is 2.50 bits per heavy atom. The summed E-state index contributed by atoms with van der Waals surface area (Å²) in [6.45, 7) is 0.979. The summed E-state index contributed by atoms with van der Waals surface area (Å²) < 4.78 is 0. The van der Waals surface area contributed by atoms with Crippen molar-refractivity contribution in [2.75, 3.05) is 6.54 Å². The predicted molar refractivity (Wildman–Crippen MR) is 44.6 cm³/mol. The maximum absolute atomic E-state index is 9.64. The average molecular weight is 167 g/mol. The highest BCUT2D eigenvalue weighted by atomic mass is 16.3. The number of nitrogens with zero attached hydrogens (tertiary/aromatic N) is 1. The summed E-state index contributed by atoms with van der Waals surface area (Å²) in [5, 5.41) is 19.5. The lowest BCUT2D eigenvalue weighted by Gasteiger charge is -2.27. The third kappa shape index (κ3) is 1.35. The Labute approximate surface area is 71.0 Å². The smallest absolute Gasteiger partial charge is 0.0736 e. The number of H-pyrrole nitrogens is 1. The van der Waals surface area contributed by atoms with Gasteiger partial charge in [-0.3, -0.25) is 5.10 Å².